The van der Waals surface area contributed by atoms with Crippen LogP contribution >= 0.6 is 0 Å². The van der Waals surface area contributed by atoms with E-state index >= 15 is 0 Å². The maximum atomic E-state index is 13.1. The van der Waals surface area contributed by atoms with Gasteiger partial charge in [0.05, 0.1) is 24.9 Å². The van der Waals surface area contributed by atoms with Crippen molar-refractivity contribution in [3.05, 3.63) is 65.9 Å². The van der Waals surface area contributed by atoms with E-state index in [0.29, 0.717) is 29.3 Å². The number of ether oxygens (including phenoxy) is 1. The Kier molecular flexibility index (Phi) is 5.14. The molecule has 0 bridgehead atoms. The molecular formula is C22H21N3O4. The van der Waals surface area contributed by atoms with Crippen molar-refractivity contribution in [1.29, 1.82) is 0 Å². The lowest BCUT2D eigenvalue weighted by molar-refractivity contribution is -0.133. The predicted molar refractivity (Wildman–Crippen MR) is 107 cm³/mol. The van der Waals surface area contributed by atoms with E-state index in [9.17, 15) is 9.59 Å². The van der Waals surface area contributed by atoms with Crippen molar-refractivity contribution in [3.8, 4) is 22.8 Å². The third kappa shape index (κ3) is 3.90. The molecule has 148 valence electrons. The maximum absolute atomic E-state index is 13.1. The molecule has 1 aliphatic rings. The van der Waals surface area contributed by atoms with Crippen LogP contribution in [0.3, 0.4) is 0 Å². The molecule has 1 aromatic heterocycles. The predicted octanol–water partition coefficient (Wildman–Crippen LogP) is 2.64. The van der Waals surface area contributed by atoms with Crippen LogP contribution in [0.1, 0.15) is 15.9 Å². The molecule has 2 amide bonds. The van der Waals surface area contributed by atoms with Gasteiger partial charge in [-0.15, -0.1) is 0 Å². The lowest BCUT2D eigenvalue weighted by Crippen LogP contribution is -2.50. The van der Waals surface area contributed by atoms with Gasteiger partial charge in [-0.25, -0.2) is 4.98 Å². The number of carbonyl (C=O) groups is 2. The summed E-state index contributed by atoms with van der Waals surface area (Å²) >= 11 is 0. The third-order valence-corrected chi connectivity index (χ3v) is 4.90. The number of nitrogens with zero attached hydrogens (tertiary/aromatic N) is 2. The zero-order valence-electron chi connectivity index (χ0n) is 16.0. The number of hydrogen-bond acceptors (Lipinski definition) is 5. The van der Waals surface area contributed by atoms with Crippen LogP contribution in [0.15, 0.2) is 59.1 Å². The summed E-state index contributed by atoms with van der Waals surface area (Å²) < 4.78 is 11.3. The highest BCUT2D eigenvalue weighted by Crippen LogP contribution is 2.29. The number of aromatic nitrogens is 1. The number of hydrogen-bond donors (Lipinski definition) is 1. The van der Waals surface area contributed by atoms with Crippen LogP contribution < -0.4 is 5.73 Å². The van der Waals surface area contributed by atoms with Gasteiger partial charge in [-0.1, -0.05) is 42.0 Å². The Balaban J connectivity index is 1.63. The Labute approximate surface area is 168 Å². The van der Waals surface area contributed by atoms with Gasteiger partial charge in [-0.05, 0) is 19.1 Å². The number of morpholine rings is 1. The maximum Gasteiger partial charge on any atom is 0.254 e. The van der Waals surface area contributed by atoms with E-state index < -0.39 is 12.0 Å². The number of nitrogens with two attached hydrogens (primary N) is 1. The second kappa shape index (κ2) is 7.89. The fourth-order valence-electron chi connectivity index (χ4n) is 3.28. The monoisotopic (exact) mass is 391 g/mol. The molecule has 3 aromatic rings. The molecule has 7 nitrogen and oxygen atoms in total. The number of primary amides is 1. The smallest absolute Gasteiger partial charge is 0.254 e. The van der Waals surface area contributed by atoms with Gasteiger partial charge in [0.15, 0.2) is 11.9 Å². The quantitative estimate of drug-likeness (QED) is 0.737. The van der Waals surface area contributed by atoms with Gasteiger partial charge >= 0.3 is 0 Å². The average molecular weight is 391 g/mol. The third-order valence-electron chi connectivity index (χ3n) is 4.90. The Morgan fingerprint density at radius 1 is 1.14 bits per heavy atom. The average Bonchev–Trinajstić information content (AvgIpc) is 3.24. The fraction of sp³-hybridized carbons (Fsp3) is 0.227. The van der Waals surface area contributed by atoms with Crippen LogP contribution in [0.2, 0.25) is 0 Å². The van der Waals surface area contributed by atoms with Gasteiger partial charge in [0.1, 0.15) is 0 Å². The second-order valence-corrected chi connectivity index (χ2v) is 6.95. The number of amides is 2. The Bertz CT molecular complexity index is 1040. The molecule has 2 N–H and O–H groups in total. The van der Waals surface area contributed by atoms with E-state index in [4.69, 9.17) is 14.9 Å². The summed E-state index contributed by atoms with van der Waals surface area (Å²) in [7, 11) is 0. The fourth-order valence-corrected chi connectivity index (χ4v) is 3.28. The van der Waals surface area contributed by atoms with Crippen LogP contribution in [-0.4, -0.2) is 47.5 Å². The minimum absolute atomic E-state index is 0.128. The molecule has 0 saturated carbocycles. The Morgan fingerprint density at radius 3 is 2.66 bits per heavy atom. The summed E-state index contributed by atoms with van der Waals surface area (Å²) in [6, 6.07) is 15.1. The van der Waals surface area contributed by atoms with E-state index in [0.717, 1.165) is 11.1 Å². The molecule has 2 heterocycles. The SMILES string of the molecule is Cc1ccc(-c2cnc(-c3ccccc3C(=O)N3CCOC(C(N)=O)C3)o2)cc1. The lowest BCUT2D eigenvalue weighted by atomic mass is 10.1. The summed E-state index contributed by atoms with van der Waals surface area (Å²) in [5, 5.41) is 0. The highest BCUT2D eigenvalue weighted by atomic mass is 16.5. The summed E-state index contributed by atoms with van der Waals surface area (Å²) in [4.78, 5) is 30.5. The van der Waals surface area contributed by atoms with Gasteiger partial charge in [0.2, 0.25) is 11.8 Å². The van der Waals surface area contributed by atoms with Crippen molar-refractivity contribution in [1.82, 2.24) is 9.88 Å². The summed E-state index contributed by atoms with van der Waals surface area (Å²) in [5.41, 5.74) is 8.45. The molecule has 0 radical (unpaired) electrons. The van der Waals surface area contributed by atoms with Crippen LogP contribution in [-0.2, 0) is 9.53 Å². The molecule has 0 aliphatic carbocycles. The number of benzene rings is 2. The zero-order valence-corrected chi connectivity index (χ0v) is 16.0. The number of oxazole rings is 1. The topological polar surface area (TPSA) is 98.7 Å². The van der Waals surface area contributed by atoms with Gasteiger partial charge in [-0.3, -0.25) is 9.59 Å². The van der Waals surface area contributed by atoms with E-state index in [2.05, 4.69) is 4.98 Å². The minimum atomic E-state index is -0.797. The van der Waals surface area contributed by atoms with Crippen LogP contribution in [0, 0.1) is 6.92 Å². The molecule has 1 aliphatic heterocycles. The first-order valence-corrected chi connectivity index (χ1v) is 9.35. The van der Waals surface area contributed by atoms with Crippen molar-refractivity contribution in [2.24, 2.45) is 5.73 Å². The molecule has 1 fully saturated rings. The van der Waals surface area contributed by atoms with E-state index in [1.54, 1.807) is 29.3 Å². The van der Waals surface area contributed by atoms with Crippen molar-refractivity contribution in [2.45, 2.75) is 13.0 Å². The van der Waals surface area contributed by atoms with E-state index in [1.165, 1.54) is 0 Å². The van der Waals surface area contributed by atoms with E-state index in [-0.39, 0.29) is 19.1 Å². The molecule has 1 saturated heterocycles. The molecule has 1 unspecified atom stereocenters. The number of carbonyl (C=O) groups excluding carboxylic acids is 2. The first kappa shape index (κ1) is 18.9. The largest absolute Gasteiger partial charge is 0.436 e. The van der Waals surface area contributed by atoms with Crippen LogP contribution in [0.4, 0.5) is 0 Å². The summed E-state index contributed by atoms with van der Waals surface area (Å²) in [6.07, 6.45) is 0.855. The molecule has 4 rings (SSSR count). The Hall–Kier alpha value is -3.45. The lowest BCUT2D eigenvalue weighted by Gasteiger charge is -2.31. The van der Waals surface area contributed by atoms with E-state index in [1.807, 2.05) is 37.3 Å². The van der Waals surface area contributed by atoms with Gasteiger partial charge in [-0.2, -0.15) is 0 Å². The Morgan fingerprint density at radius 2 is 1.90 bits per heavy atom. The standard InChI is InChI=1S/C22H21N3O4/c1-14-6-8-15(9-7-14)18-12-24-21(29-18)16-4-2-3-5-17(16)22(27)25-10-11-28-19(13-25)20(23)26/h2-9,12,19H,10-11,13H2,1H3,(H2,23,26). The number of rotatable bonds is 4. The summed E-state index contributed by atoms with van der Waals surface area (Å²) in [5.74, 6) is 0.197. The zero-order chi connectivity index (χ0) is 20.4. The van der Waals surface area contributed by atoms with Crippen molar-refractivity contribution >= 4 is 11.8 Å². The molecule has 0 spiro atoms. The van der Waals surface area contributed by atoms with Crippen LogP contribution in [0.25, 0.3) is 22.8 Å². The van der Waals surface area contributed by atoms with Gasteiger partial charge in [0, 0.05) is 17.7 Å². The van der Waals surface area contributed by atoms with Crippen molar-refractivity contribution in [3.63, 3.8) is 0 Å². The van der Waals surface area contributed by atoms with Crippen molar-refractivity contribution < 1.29 is 18.7 Å². The second-order valence-electron chi connectivity index (χ2n) is 6.95. The molecular weight excluding hydrogens is 370 g/mol. The first-order chi connectivity index (χ1) is 14.0. The summed E-state index contributed by atoms with van der Waals surface area (Å²) in [6.45, 7) is 2.80. The minimum Gasteiger partial charge on any atom is -0.436 e. The molecule has 1 atom stereocenters. The highest BCUT2D eigenvalue weighted by Gasteiger charge is 2.29. The number of aryl methyl sites for hydroxylation is 1. The van der Waals surface area contributed by atoms with Crippen LogP contribution in [0.5, 0.6) is 0 Å². The molecule has 29 heavy (non-hydrogen) atoms. The van der Waals surface area contributed by atoms with Crippen molar-refractivity contribution in [2.75, 3.05) is 19.7 Å². The molecule has 7 heteroatoms. The highest BCUT2D eigenvalue weighted by molar-refractivity contribution is 6.00. The first-order valence-electron chi connectivity index (χ1n) is 9.35. The normalized spacial score (nSPS) is 16.6. The molecule has 2 aromatic carbocycles. The van der Waals surface area contributed by atoms with Gasteiger partial charge < -0.3 is 19.8 Å². The van der Waals surface area contributed by atoms with Gasteiger partial charge in [0.25, 0.3) is 5.91 Å².